The predicted octanol–water partition coefficient (Wildman–Crippen LogP) is -0.319. The van der Waals surface area contributed by atoms with E-state index in [0.717, 1.165) is 0 Å². The second-order valence-corrected chi connectivity index (χ2v) is 4.60. The molecule has 1 heterocycles. The summed E-state index contributed by atoms with van der Waals surface area (Å²) in [5.41, 5.74) is 0. The minimum atomic E-state index is -0.988. The van der Waals surface area contributed by atoms with E-state index in [0.29, 0.717) is 19.5 Å². The van der Waals surface area contributed by atoms with Gasteiger partial charge in [0.25, 0.3) is 0 Å². The molecule has 0 radical (unpaired) electrons. The Hall–Kier alpha value is -1.83. The normalized spacial score (nSPS) is 19.5. The minimum absolute atomic E-state index is 0.112. The van der Waals surface area contributed by atoms with Crippen molar-refractivity contribution < 1.29 is 29.0 Å². The molecule has 1 fully saturated rings. The van der Waals surface area contributed by atoms with Crippen molar-refractivity contribution in [3.05, 3.63) is 0 Å². The van der Waals surface area contributed by atoms with Crippen molar-refractivity contribution in [1.29, 1.82) is 0 Å². The maximum Gasteiger partial charge on any atom is 0.317 e. The van der Waals surface area contributed by atoms with Crippen LogP contribution < -0.4 is 5.32 Å². The smallest absolute Gasteiger partial charge is 0.317 e. The standard InChI is InChI=1S/C12H20N2O6/c1-19-9(5-10(15)16)6-13-12(18)14-4-3-8(7-14)11(17)20-2/h8-9H,3-7H2,1-2H3,(H,13,18)(H,15,16). The molecule has 0 aromatic rings. The van der Waals surface area contributed by atoms with Crippen molar-refractivity contribution >= 4 is 18.0 Å². The number of carboxylic acids is 1. The van der Waals surface area contributed by atoms with Crippen LogP contribution in [0.3, 0.4) is 0 Å². The van der Waals surface area contributed by atoms with Gasteiger partial charge in [0.1, 0.15) is 0 Å². The molecule has 0 spiro atoms. The number of hydrogen-bond acceptors (Lipinski definition) is 5. The molecule has 0 bridgehead atoms. The second-order valence-electron chi connectivity index (χ2n) is 4.60. The van der Waals surface area contributed by atoms with Gasteiger partial charge in [0.05, 0.1) is 25.6 Å². The van der Waals surface area contributed by atoms with E-state index in [4.69, 9.17) is 9.84 Å². The van der Waals surface area contributed by atoms with Crippen molar-refractivity contribution in [2.24, 2.45) is 5.92 Å². The number of aliphatic carboxylic acids is 1. The van der Waals surface area contributed by atoms with Crippen LogP contribution in [0, 0.1) is 5.92 Å². The first-order valence-corrected chi connectivity index (χ1v) is 6.33. The third kappa shape index (κ3) is 4.69. The Morgan fingerprint density at radius 3 is 2.65 bits per heavy atom. The van der Waals surface area contributed by atoms with Gasteiger partial charge in [0.2, 0.25) is 0 Å². The van der Waals surface area contributed by atoms with Gasteiger partial charge < -0.3 is 24.8 Å². The van der Waals surface area contributed by atoms with Gasteiger partial charge in [-0.15, -0.1) is 0 Å². The van der Waals surface area contributed by atoms with Gasteiger partial charge in [-0.25, -0.2) is 4.79 Å². The number of nitrogens with one attached hydrogen (secondary N) is 1. The van der Waals surface area contributed by atoms with Crippen LogP contribution in [-0.4, -0.2) is 67.9 Å². The SMILES string of the molecule is COC(=O)C1CCN(C(=O)NCC(CC(=O)O)OC)C1. The van der Waals surface area contributed by atoms with Crippen LogP contribution in [0.4, 0.5) is 4.79 Å². The first kappa shape index (κ1) is 16.2. The summed E-state index contributed by atoms with van der Waals surface area (Å²) in [6, 6.07) is -0.330. The third-order valence-electron chi connectivity index (χ3n) is 3.23. The van der Waals surface area contributed by atoms with Crippen LogP contribution in [0.15, 0.2) is 0 Å². The Morgan fingerprint density at radius 1 is 1.40 bits per heavy atom. The number of methoxy groups -OCH3 is 2. The van der Waals surface area contributed by atoms with E-state index in [1.807, 2.05) is 0 Å². The highest BCUT2D eigenvalue weighted by Crippen LogP contribution is 2.17. The zero-order chi connectivity index (χ0) is 15.1. The van der Waals surface area contributed by atoms with Crippen molar-refractivity contribution in [2.45, 2.75) is 18.9 Å². The van der Waals surface area contributed by atoms with Crippen LogP contribution >= 0.6 is 0 Å². The fraction of sp³-hybridized carbons (Fsp3) is 0.750. The molecule has 1 aliphatic heterocycles. The van der Waals surface area contributed by atoms with E-state index in [2.05, 4.69) is 10.1 Å². The summed E-state index contributed by atoms with van der Waals surface area (Å²) >= 11 is 0. The molecule has 0 aromatic heterocycles. The monoisotopic (exact) mass is 288 g/mol. The predicted molar refractivity (Wildman–Crippen MR) is 68.1 cm³/mol. The van der Waals surface area contributed by atoms with Gasteiger partial charge in [-0.05, 0) is 6.42 Å². The van der Waals surface area contributed by atoms with E-state index >= 15 is 0 Å². The molecule has 1 rings (SSSR count). The van der Waals surface area contributed by atoms with Crippen LogP contribution in [0.1, 0.15) is 12.8 Å². The second kappa shape index (κ2) is 7.68. The molecule has 2 unspecified atom stereocenters. The number of ether oxygens (including phenoxy) is 2. The maximum absolute atomic E-state index is 11.9. The lowest BCUT2D eigenvalue weighted by Gasteiger charge is -2.19. The highest BCUT2D eigenvalue weighted by Gasteiger charge is 2.31. The van der Waals surface area contributed by atoms with E-state index in [-0.39, 0.29) is 30.9 Å². The van der Waals surface area contributed by atoms with Crippen molar-refractivity contribution in [1.82, 2.24) is 10.2 Å². The lowest BCUT2D eigenvalue weighted by molar-refractivity contribution is -0.145. The van der Waals surface area contributed by atoms with Crippen LogP contribution in [-0.2, 0) is 19.1 Å². The topological polar surface area (TPSA) is 105 Å². The highest BCUT2D eigenvalue weighted by molar-refractivity contribution is 5.78. The summed E-state index contributed by atoms with van der Waals surface area (Å²) in [4.78, 5) is 35.3. The average Bonchev–Trinajstić information content (AvgIpc) is 2.91. The Labute approximate surface area is 117 Å². The quantitative estimate of drug-likeness (QED) is 0.649. The van der Waals surface area contributed by atoms with Crippen molar-refractivity contribution in [3.8, 4) is 0 Å². The number of urea groups is 1. The number of carboxylic acid groups (broad SMARTS) is 1. The molecule has 20 heavy (non-hydrogen) atoms. The Morgan fingerprint density at radius 2 is 2.10 bits per heavy atom. The summed E-state index contributed by atoms with van der Waals surface area (Å²) in [7, 11) is 2.71. The Bertz CT molecular complexity index is 373. The fourth-order valence-corrected chi connectivity index (χ4v) is 2.05. The molecule has 2 amide bonds. The maximum atomic E-state index is 11.9. The average molecular weight is 288 g/mol. The Kier molecular flexibility index (Phi) is 6.23. The van der Waals surface area contributed by atoms with E-state index < -0.39 is 12.1 Å². The van der Waals surface area contributed by atoms with Gasteiger partial charge in [-0.3, -0.25) is 9.59 Å². The Balaban J connectivity index is 2.36. The summed E-state index contributed by atoms with van der Waals surface area (Å²) in [5.74, 6) is -1.60. The number of amides is 2. The number of rotatable bonds is 6. The van der Waals surface area contributed by atoms with Crippen LogP contribution in [0.25, 0.3) is 0 Å². The van der Waals surface area contributed by atoms with Crippen molar-refractivity contribution in [2.75, 3.05) is 33.9 Å². The van der Waals surface area contributed by atoms with Gasteiger partial charge in [-0.1, -0.05) is 0 Å². The lowest BCUT2D eigenvalue weighted by Crippen LogP contribution is -2.43. The van der Waals surface area contributed by atoms with Gasteiger partial charge in [0, 0.05) is 26.7 Å². The molecule has 1 saturated heterocycles. The fourth-order valence-electron chi connectivity index (χ4n) is 2.05. The van der Waals surface area contributed by atoms with Gasteiger partial charge >= 0.3 is 18.0 Å². The molecule has 8 nitrogen and oxygen atoms in total. The number of likely N-dealkylation sites (tertiary alicyclic amines) is 1. The molecule has 0 saturated carbocycles. The largest absolute Gasteiger partial charge is 0.481 e. The first-order valence-electron chi connectivity index (χ1n) is 6.33. The minimum Gasteiger partial charge on any atom is -0.481 e. The van der Waals surface area contributed by atoms with E-state index in [1.165, 1.54) is 19.1 Å². The zero-order valence-electron chi connectivity index (χ0n) is 11.6. The number of nitrogens with zero attached hydrogens (tertiary/aromatic N) is 1. The highest BCUT2D eigenvalue weighted by atomic mass is 16.5. The van der Waals surface area contributed by atoms with Crippen LogP contribution in [0.5, 0.6) is 0 Å². The number of hydrogen-bond donors (Lipinski definition) is 2. The molecule has 114 valence electrons. The third-order valence-corrected chi connectivity index (χ3v) is 3.23. The number of carbonyl (C=O) groups is 3. The van der Waals surface area contributed by atoms with Gasteiger partial charge in [0.15, 0.2) is 0 Å². The van der Waals surface area contributed by atoms with E-state index in [9.17, 15) is 14.4 Å². The molecule has 8 heteroatoms. The lowest BCUT2D eigenvalue weighted by atomic mass is 10.1. The molecule has 0 aromatic carbocycles. The van der Waals surface area contributed by atoms with Crippen LogP contribution in [0.2, 0.25) is 0 Å². The van der Waals surface area contributed by atoms with Gasteiger partial charge in [-0.2, -0.15) is 0 Å². The summed E-state index contributed by atoms with van der Waals surface area (Å²) in [5, 5.41) is 11.3. The molecular weight excluding hydrogens is 268 g/mol. The van der Waals surface area contributed by atoms with E-state index in [1.54, 1.807) is 0 Å². The molecule has 2 atom stereocenters. The molecular formula is C12H20N2O6. The molecule has 0 aliphatic carbocycles. The molecule has 2 N–H and O–H groups in total. The number of carbonyl (C=O) groups excluding carboxylic acids is 2. The summed E-state index contributed by atoms with van der Waals surface area (Å²) < 4.78 is 9.60. The first-order chi connectivity index (χ1) is 9.47. The number of esters is 1. The summed E-state index contributed by atoms with van der Waals surface area (Å²) in [6.45, 7) is 0.901. The molecule has 1 aliphatic rings. The zero-order valence-corrected chi connectivity index (χ0v) is 11.6. The van der Waals surface area contributed by atoms with Crippen molar-refractivity contribution in [3.63, 3.8) is 0 Å². The summed E-state index contributed by atoms with van der Waals surface area (Å²) in [6.07, 6.45) is -0.180.